The van der Waals surface area contributed by atoms with Crippen LogP contribution in [0.2, 0.25) is 0 Å². The molecular weight excluding hydrogens is 187 g/mol. The summed E-state index contributed by atoms with van der Waals surface area (Å²) in [7, 11) is 1.07. The molecule has 0 radical (unpaired) electrons. The first-order valence-corrected chi connectivity index (χ1v) is 3.31. The van der Waals surface area contributed by atoms with E-state index in [1.54, 1.807) is 0 Å². The van der Waals surface area contributed by atoms with E-state index in [0.717, 1.165) is 7.11 Å². The Morgan fingerprint density at radius 3 is 2.62 bits per heavy atom. The summed E-state index contributed by atoms with van der Waals surface area (Å²) in [5.74, 6) is -1.81. The van der Waals surface area contributed by atoms with Crippen molar-refractivity contribution >= 4 is 0 Å². The Hall–Kier alpha value is -1.46. The summed E-state index contributed by atoms with van der Waals surface area (Å²) in [6.07, 6.45) is -3.02. The normalized spacial score (nSPS) is 10.5. The van der Waals surface area contributed by atoms with Gasteiger partial charge < -0.3 is 4.74 Å². The van der Waals surface area contributed by atoms with Gasteiger partial charge in [-0.2, -0.15) is 0 Å². The number of H-pyrrole nitrogens is 1. The van der Waals surface area contributed by atoms with E-state index in [0.29, 0.717) is 6.07 Å². The smallest absolute Gasteiger partial charge is 0.271 e. The summed E-state index contributed by atoms with van der Waals surface area (Å²) < 4.78 is 41.5. The first kappa shape index (κ1) is 9.63. The molecule has 13 heavy (non-hydrogen) atoms. The number of alkyl halides is 2. The number of ether oxygens (including phenoxy) is 1. The molecule has 3 nitrogen and oxygen atoms in total. The minimum absolute atomic E-state index is 0.448. The van der Waals surface area contributed by atoms with Gasteiger partial charge in [0.05, 0.1) is 7.11 Å². The molecule has 0 aliphatic carbocycles. The number of hydrogen-bond acceptors (Lipinski definition) is 2. The van der Waals surface area contributed by atoms with Crippen LogP contribution >= 0.6 is 0 Å². The third kappa shape index (κ3) is 1.82. The molecule has 0 atom stereocenters. The van der Waals surface area contributed by atoms with Gasteiger partial charge in [0.2, 0.25) is 5.88 Å². The van der Waals surface area contributed by atoms with E-state index in [1.807, 2.05) is 4.98 Å². The molecule has 1 heterocycles. The second-order valence-electron chi connectivity index (χ2n) is 2.23. The van der Waals surface area contributed by atoms with Crippen molar-refractivity contribution in [1.29, 1.82) is 0 Å². The van der Waals surface area contributed by atoms with Gasteiger partial charge in [-0.15, -0.1) is 0 Å². The van der Waals surface area contributed by atoms with Crippen molar-refractivity contribution in [3.05, 3.63) is 27.8 Å². The van der Waals surface area contributed by atoms with Crippen LogP contribution in [0, 0.1) is 5.82 Å². The Bertz CT molecular complexity index is 361. The largest absolute Gasteiger partial charge is 0.482 e. The molecule has 0 aliphatic rings. The van der Waals surface area contributed by atoms with Gasteiger partial charge in [-0.1, -0.05) is 0 Å². The van der Waals surface area contributed by atoms with E-state index in [9.17, 15) is 18.0 Å². The average molecular weight is 193 g/mol. The Morgan fingerprint density at radius 1 is 1.54 bits per heavy atom. The lowest BCUT2D eigenvalue weighted by molar-refractivity contribution is 0.140. The van der Waals surface area contributed by atoms with Crippen LogP contribution in [0.25, 0.3) is 0 Å². The monoisotopic (exact) mass is 193 g/mol. The van der Waals surface area contributed by atoms with Gasteiger partial charge in [-0.25, -0.2) is 13.2 Å². The number of aromatic nitrogens is 1. The average Bonchev–Trinajstić information content (AvgIpc) is 2.01. The fraction of sp³-hybridized carbons (Fsp3) is 0.286. The topological polar surface area (TPSA) is 42.1 Å². The zero-order valence-electron chi connectivity index (χ0n) is 6.61. The fourth-order valence-electron chi connectivity index (χ4n) is 0.881. The first-order valence-electron chi connectivity index (χ1n) is 3.31. The van der Waals surface area contributed by atoms with Crippen LogP contribution in [0.15, 0.2) is 10.9 Å². The molecule has 1 N–H and O–H groups in total. The number of methoxy groups -OCH3 is 1. The van der Waals surface area contributed by atoms with Gasteiger partial charge in [0.15, 0.2) is 0 Å². The van der Waals surface area contributed by atoms with Gasteiger partial charge in [-0.3, -0.25) is 9.78 Å². The zero-order chi connectivity index (χ0) is 10.0. The Morgan fingerprint density at radius 2 is 2.15 bits per heavy atom. The van der Waals surface area contributed by atoms with Crippen LogP contribution in [0.4, 0.5) is 13.2 Å². The number of pyridine rings is 1. The van der Waals surface area contributed by atoms with E-state index in [4.69, 9.17) is 0 Å². The first-order chi connectivity index (χ1) is 6.06. The van der Waals surface area contributed by atoms with Gasteiger partial charge in [0.1, 0.15) is 11.4 Å². The number of rotatable bonds is 2. The van der Waals surface area contributed by atoms with E-state index in [-0.39, 0.29) is 0 Å². The predicted molar refractivity (Wildman–Crippen MR) is 38.5 cm³/mol. The summed E-state index contributed by atoms with van der Waals surface area (Å²) in [6, 6.07) is 0.448. The number of nitrogens with one attached hydrogen (secondary N) is 1. The molecule has 72 valence electrons. The van der Waals surface area contributed by atoms with Gasteiger partial charge in [0.25, 0.3) is 12.0 Å². The summed E-state index contributed by atoms with van der Waals surface area (Å²) >= 11 is 0. The maximum absolute atomic E-state index is 12.8. The second-order valence-corrected chi connectivity index (χ2v) is 2.23. The molecule has 0 aliphatic heterocycles. The Labute approximate surface area is 71.2 Å². The molecule has 0 bridgehead atoms. The predicted octanol–water partition coefficient (Wildman–Crippen LogP) is 1.46. The molecule has 0 spiro atoms. The molecule has 0 fully saturated rings. The standard InChI is InChI=1S/C7H6F3NO2/c1-13-7-5(6(9)10)3(8)2-4(12)11-7/h2,6H,1H3,(H,11,12). The van der Waals surface area contributed by atoms with Crippen LogP contribution in [0.3, 0.4) is 0 Å². The maximum Gasteiger partial charge on any atom is 0.271 e. The molecule has 6 heteroatoms. The number of aromatic amines is 1. The molecule has 0 saturated heterocycles. The summed E-state index contributed by atoms with van der Waals surface area (Å²) in [5.41, 5.74) is -1.75. The van der Waals surface area contributed by atoms with Crippen LogP contribution in [0.1, 0.15) is 12.0 Å². The lowest BCUT2D eigenvalue weighted by atomic mass is 10.2. The SMILES string of the molecule is COc1[nH]c(=O)cc(F)c1C(F)F. The molecule has 1 aromatic rings. The van der Waals surface area contributed by atoms with E-state index >= 15 is 0 Å². The quantitative estimate of drug-likeness (QED) is 0.772. The fourth-order valence-corrected chi connectivity index (χ4v) is 0.881. The van der Waals surface area contributed by atoms with E-state index in [2.05, 4.69) is 4.74 Å². The van der Waals surface area contributed by atoms with Crippen LogP contribution < -0.4 is 10.3 Å². The minimum atomic E-state index is -3.02. The van der Waals surface area contributed by atoms with Crippen molar-refractivity contribution in [2.24, 2.45) is 0 Å². The third-order valence-corrected chi connectivity index (χ3v) is 1.42. The highest BCUT2D eigenvalue weighted by Crippen LogP contribution is 2.27. The van der Waals surface area contributed by atoms with Crippen molar-refractivity contribution in [3.8, 4) is 5.88 Å². The molecular formula is C7H6F3NO2. The van der Waals surface area contributed by atoms with Crippen molar-refractivity contribution in [3.63, 3.8) is 0 Å². The van der Waals surface area contributed by atoms with Crippen LogP contribution in [0.5, 0.6) is 5.88 Å². The molecule has 0 aromatic carbocycles. The summed E-state index contributed by atoms with van der Waals surface area (Å²) in [6.45, 7) is 0. The number of hydrogen-bond donors (Lipinski definition) is 1. The van der Waals surface area contributed by atoms with Gasteiger partial charge in [0, 0.05) is 6.07 Å². The van der Waals surface area contributed by atoms with Crippen LogP contribution in [-0.2, 0) is 0 Å². The molecule has 0 saturated carbocycles. The van der Waals surface area contributed by atoms with Crippen molar-refractivity contribution in [2.45, 2.75) is 6.43 Å². The van der Waals surface area contributed by atoms with Crippen LogP contribution in [-0.4, -0.2) is 12.1 Å². The van der Waals surface area contributed by atoms with E-state index in [1.165, 1.54) is 0 Å². The lowest BCUT2D eigenvalue weighted by Gasteiger charge is -2.06. The molecule has 0 unspecified atom stereocenters. The lowest BCUT2D eigenvalue weighted by Crippen LogP contribution is -2.11. The molecule has 1 rings (SSSR count). The molecule has 1 aromatic heterocycles. The Kier molecular flexibility index (Phi) is 2.60. The van der Waals surface area contributed by atoms with Crippen molar-refractivity contribution in [2.75, 3.05) is 7.11 Å². The second kappa shape index (κ2) is 3.51. The van der Waals surface area contributed by atoms with Crippen molar-refractivity contribution < 1.29 is 17.9 Å². The van der Waals surface area contributed by atoms with Crippen molar-refractivity contribution in [1.82, 2.24) is 4.98 Å². The zero-order valence-corrected chi connectivity index (χ0v) is 6.61. The summed E-state index contributed by atoms with van der Waals surface area (Å²) in [4.78, 5) is 12.6. The minimum Gasteiger partial charge on any atom is -0.482 e. The van der Waals surface area contributed by atoms with Gasteiger partial charge >= 0.3 is 0 Å². The summed E-state index contributed by atoms with van der Waals surface area (Å²) in [5, 5.41) is 0. The maximum atomic E-state index is 12.8. The number of halogens is 3. The highest BCUT2D eigenvalue weighted by Gasteiger charge is 2.20. The highest BCUT2D eigenvalue weighted by atomic mass is 19.3. The third-order valence-electron chi connectivity index (χ3n) is 1.42. The van der Waals surface area contributed by atoms with Gasteiger partial charge in [-0.05, 0) is 0 Å². The van der Waals surface area contributed by atoms with E-state index < -0.39 is 29.2 Å². The highest BCUT2D eigenvalue weighted by molar-refractivity contribution is 5.28. The Balaban J connectivity index is 3.38. The molecule has 0 amide bonds.